The lowest BCUT2D eigenvalue weighted by atomic mass is 10.0. The maximum absolute atomic E-state index is 13.8. The van der Waals surface area contributed by atoms with Gasteiger partial charge in [0, 0.05) is 39.1 Å². The number of ether oxygens (including phenoxy) is 1. The van der Waals surface area contributed by atoms with Crippen LogP contribution < -0.4 is 10.1 Å². The predicted molar refractivity (Wildman–Crippen MR) is 87.9 cm³/mol. The first-order valence-electron chi connectivity index (χ1n) is 6.73. The van der Waals surface area contributed by atoms with Crippen molar-refractivity contribution in [1.29, 1.82) is 0 Å². The van der Waals surface area contributed by atoms with E-state index < -0.39 is 0 Å². The van der Waals surface area contributed by atoms with Crippen LogP contribution in [0.15, 0.2) is 45.3 Å². The third-order valence-corrected chi connectivity index (χ3v) is 4.54. The molecule has 1 aliphatic heterocycles. The molecule has 1 atom stereocenters. The van der Waals surface area contributed by atoms with E-state index in [1.54, 1.807) is 6.07 Å². The van der Waals surface area contributed by atoms with Crippen LogP contribution >= 0.6 is 31.9 Å². The van der Waals surface area contributed by atoms with Crippen molar-refractivity contribution >= 4 is 31.9 Å². The van der Waals surface area contributed by atoms with Crippen molar-refractivity contribution in [3.8, 4) is 5.75 Å². The third kappa shape index (κ3) is 3.47. The molecule has 0 saturated carbocycles. The van der Waals surface area contributed by atoms with Crippen molar-refractivity contribution in [2.75, 3.05) is 6.61 Å². The maximum atomic E-state index is 13.8. The average Bonchev–Trinajstić information content (AvgIpc) is 2.48. The Morgan fingerprint density at radius 3 is 2.76 bits per heavy atom. The molecular weight excluding hydrogens is 401 g/mol. The van der Waals surface area contributed by atoms with Crippen molar-refractivity contribution in [2.45, 2.75) is 19.0 Å². The highest BCUT2D eigenvalue weighted by molar-refractivity contribution is 9.10. The van der Waals surface area contributed by atoms with Crippen molar-refractivity contribution in [3.63, 3.8) is 0 Å². The Hall–Kier alpha value is -0.910. The molecule has 0 amide bonds. The van der Waals surface area contributed by atoms with Gasteiger partial charge in [0.05, 0.1) is 6.61 Å². The van der Waals surface area contributed by atoms with E-state index in [1.807, 2.05) is 18.2 Å². The Kier molecular flexibility index (Phi) is 4.62. The van der Waals surface area contributed by atoms with Gasteiger partial charge in [-0.05, 0) is 36.4 Å². The van der Waals surface area contributed by atoms with Crippen molar-refractivity contribution in [3.05, 3.63) is 62.3 Å². The quantitative estimate of drug-likeness (QED) is 0.765. The summed E-state index contributed by atoms with van der Waals surface area (Å²) in [6, 6.07) is 11.2. The lowest BCUT2D eigenvalue weighted by Gasteiger charge is -2.27. The summed E-state index contributed by atoms with van der Waals surface area (Å²) >= 11 is 6.86. The number of fused-ring (bicyclic) bond motifs is 1. The largest absolute Gasteiger partial charge is 0.493 e. The Bertz CT molecular complexity index is 663. The van der Waals surface area contributed by atoms with E-state index in [0.717, 1.165) is 26.7 Å². The van der Waals surface area contributed by atoms with E-state index in [9.17, 15) is 4.39 Å². The van der Waals surface area contributed by atoms with Crippen molar-refractivity contribution in [1.82, 2.24) is 5.32 Å². The van der Waals surface area contributed by atoms with Gasteiger partial charge in [0.2, 0.25) is 0 Å². The summed E-state index contributed by atoms with van der Waals surface area (Å²) < 4.78 is 21.4. The topological polar surface area (TPSA) is 21.3 Å². The molecule has 0 spiro atoms. The summed E-state index contributed by atoms with van der Waals surface area (Å²) in [6.07, 6.45) is 0.874. The molecule has 2 aromatic rings. The molecule has 110 valence electrons. The molecular formula is C16H14Br2FNO. The van der Waals surface area contributed by atoms with Crippen LogP contribution in [0.2, 0.25) is 0 Å². The molecule has 0 bridgehead atoms. The number of hydrogen-bond acceptors (Lipinski definition) is 2. The normalized spacial score (nSPS) is 17.2. The maximum Gasteiger partial charge on any atom is 0.127 e. The van der Waals surface area contributed by atoms with E-state index in [0.29, 0.717) is 18.7 Å². The van der Waals surface area contributed by atoms with Crippen LogP contribution in [-0.2, 0) is 6.54 Å². The molecule has 1 aliphatic rings. The zero-order valence-electron chi connectivity index (χ0n) is 11.2. The highest BCUT2D eigenvalue weighted by Gasteiger charge is 2.21. The Labute approximate surface area is 140 Å². The summed E-state index contributed by atoms with van der Waals surface area (Å²) in [5, 5.41) is 3.43. The molecule has 0 radical (unpaired) electrons. The minimum atomic E-state index is -0.188. The van der Waals surface area contributed by atoms with Gasteiger partial charge in [-0.3, -0.25) is 0 Å². The van der Waals surface area contributed by atoms with E-state index in [4.69, 9.17) is 4.74 Å². The van der Waals surface area contributed by atoms with Crippen LogP contribution in [0.1, 0.15) is 23.6 Å². The second-order valence-corrected chi connectivity index (χ2v) is 6.82. The molecule has 1 heterocycles. The Balaban J connectivity index is 1.78. The van der Waals surface area contributed by atoms with Gasteiger partial charge in [0.15, 0.2) is 0 Å². The molecule has 5 heteroatoms. The molecule has 21 heavy (non-hydrogen) atoms. The molecule has 1 unspecified atom stereocenters. The lowest BCUT2D eigenvalue weighted by Crippen LogP contribution is -2.27. The number of benzene rings is 2. The molecule has 2 aromatic carbocycles. The van der Waals surface area contributed by atoms with Crippen LogP contribution in [0.5, 0.6) is 5.75 Å². The van der Waals surface area contributed by atoms with Gasteiger partial charge in [0.25, 0.3) is 0 Å². The molecule has 2 nitrogen and oxygen atoms in total. The lowest BCUT2D eigenvalue weighted by molar-refractivity contribution is 0.252. The van der Waals surface area contributed by atoms with Crippen LogP contribution in [-0.4, -0.2) is 6.61 Å². The molecule has 1 N–H and O–H groups in total. The third-order valence-electron chi connectivity index (χ3n) is 3.56. The highest BCUT2D eigenvalue weighted by Crippen LogP contribution is 2.34. The average molecular weight is 415 g/mol. The number of rotatable bonds is 3. The van der Waals surface area contributed by atoms with E-state index in [1.165, 1.54) is 6.07 Å². The molecule has 3 rings (SSSR count). The van der Waals surface area contributed by atoms with Crippen LogP contribution in [0, 0.1) is 5.82 Å². The summed E-state index contributed by atoms with van der Waals surface area (Å²) in [7, 11) is 0. The van der Waals surface area contributed by atoms with Crippen molar-refractivity contribution < 1.29 is 9.13 Å². The standard InChI is InChI=1S/C16H14Br2FNO/c17-11-1-3-14(19)10(7-11)9-20-15-5-6-21-16-4-2-12(18)8-13(15)16/h1-4,7-8,15,20H,5-6,9H2. The first kappa shape index (κ1) is 15.0. The van der Waals surface area contributed by atoms with E-state index >= 15 is 0 Å². The number of nitrogens with one attached hydrogen (secondary N) is 1. The van der Waals surface area contributed by atoms with Gasteiger partial charge in [-0.1, -0.05) is 31.9 Å². The number of halogens is 3. The zero-order valence-corrected chi connectivity index (χ0v) is 14.4. The van der Waals surface area contributed by atoms with Crippen LogP contribution in [0.4, 0.5) is 4.39 Å². The molecule has 0 aliphatic carbocycles. The predicted octanol–water partition coefficient (Wildman–Crippen LogP) is 4.96. The van der Waals surface area contributed by atoms with Gasteiger partial charge in [-0.2, -0.15) is 0 Å². The first-order chi connectivity index (χ1) is 10.1. The van der Waals surface area contributed by atoms with E-state index in [-0.39, 0.29) is 11.9 Å². The fourth-order valence-electron chi connectivity index (χ4n) is 2.49. The van der Waals surface area contributed by atoms with Crippen LogP contribution in [0.25, 0.3) is 0 Å². The van der Waals surface area contributed by atoms with Gasteiger partial charge >= 0.3 is 0 Å². The monoisotopic (exact) mass is 413 g/mol. The fraction of sp³-hybridized carbons (Fsp3) is 0.250. The molecule has 0 fully saturated rings. The smallest absolute Gasteiger partial charge is 0.127 e. The summed E-state index contributed by atoms with van der Waals surface area (Å²) in [5.74, 6) is 0.712. The second kappa shape index (κ2) is 6.46. The zero-order chi connectivity index (χ0) is 14.8. The number of hydrogen-bond donors (Lipinski definition) is 1. The van der Waals surface area contributed by atoms with Crippen LogP contribution in [0.3, 0.4) is 0 Å². The van der Waals surface area contributed by atoms with Gasteiger partial charge in [-0.15, -0.1) is 0 Å². The Morgan fingerprint density at radius 1 is 1.14 bits per heavy atom. The van der Waals surface area contributed by atoms with Crippen molar-refractivity contribution in [2.24, 2.45) is 0 Å². The molecule has 0 saturated heterocycles. The fourth-order valence-corrected chi connectivity index (χ4v) is 3.28. The summed E-state index contributed by atoms with van der Waals surface area (Å²) in [4.78, 5) is 0. The highest BCUT2D eigenvalue weighted by atomic mass is 79.9. The SMILES string of the molecule is Fc1ccc(Br)cc1CNC1CCOc2ccc(Br)cc21. The second-order valence-electron chi connectivity index (χ2n) is 4.99. The molecule has 0 aromatic heterocycles. The summed E-state index contributed by atoms with van der Waals surface area (Å²) in [5.41, 5.74) is 1.78. The summed E-state index contributed by atoms with van der Waals surface area (Å²) in [6.45, 7) is 1.16. The van der Waals surface area contributed by atoms with Gasteiger partial charge < -0.3 is 10.1 Å². The van der Waals surface area contributed by atoms with Gasteiger partial charge in [-0.25, -0.2) is 4.39 Å². The minimum Gasteiger partial charge on any atom is -0.493 e. The first-order valence-corrected chi connectivity index (χ1v) is 8.31. The minimum absolute atomic E-state index is 0.171. The van der Waals surface area contributed by atoms with Gasteiger partial charge in [0.1, 0.15) is 11.6 Å². The Morgan fingerprint density at radius 2 is 1.90 bits per heavy atom. The van der Waals surface area contributed by atoms with E-state index in [2.05, 4.69) is 43.2 Å².